The van der Waals surface area contributed by atoms with Crippen molar-refractivity contribution < 1.29 is 14.7 Å². The van der Waals surface area contributed by atoms with Gasteiger partial charge in [0.1, 0.15) is 5.76 Å². The quantitative estimate of drug-likeness (QED) is 0.201. The molecule has 1 aliphatic carbocycles. The number of anilines is 1. The van der Waals surface area contributed by atoms with E-state index in [9.17, 15) is 14.7 Å². The molecule has 1 amide bonds. The lowest BCUT2D eigenvalue weighted by Crippen LogP contribution is -2.29. The summed E-state index contributed by atoms with van der Waals surface area (Å²) in [6.45, 7) is 1.90. The smallest absolute Gasteiger partial charge is 0.301 e. The monoisotopic (exact) mass is 515 g/mol. The molecule has 0 bridgehead atoms. The van der Waals surface area contributed by atoms with Gasteiger partial charge in [-0.05, 0) is 79.1 Å². The van der Waals surface area contributed by atoms with Gasteiger partial charge in [-0.25, -0.2) is 4.98 Å². The normalized spacial score (nSPS) is 19.2. The number of thiazole rings is 1. The minimum Gasteiger partial charge on any atom is -0.507 e. The van der Waals surface area contributed by atoms with E-state index in [4.69, 9.17) is 11.6 Å². The predicted molar refractivity (Wildman–Crippen MR) is 141 cm³/mol. The summed E-state index contributed by atoms with van der Waals surface area (Å²) in [5.74, 6) is -1.66. The molecular weight excluding hydrogens is 494 g/mol. The van der Waals surface area contributed by atoms with Crippen LogP contribution < -0.4 is 4.90 Å². The van der Waals surface area contributed by atoms with Gasteiger partial charge in [-0.3, -0.25) is 19.5 Å². The number of benzene rings is 2. The number of carbonyl (C=O) groups is 2. The maximum atomic E-state index is 13.4. The van der Waals surface area contributed by atoms with E-state index >= 15 is 0 Å². The van der Waals surface area contributed by atoms with E-state index in [1.807, 2.05) is 31.2 Å². The fourth-order valence-corrected chi connectivity index (χ4v) is 6.29. The highest BCUT2D eigenvalue weighted by molar-refractivity contribution is 7.22. The minimum absolute atomic E-state index is 0.0391. The molecule has 1 N–H and O–H groups in total. The molecule has 8 heteroatoms. The zero-order valence-electron chi connectivity index (χ0n) is 19.5. The second kappa shape index (κ2) is 8.84. The number of Topliss-reactive ketones (excluding diaryl/α,β-unsaturated/α-hetero) is 1. The molecule has 1 fully saturated rings. The standard InChI is InChI=1S/C28H22ClN3O3S/c1-15-11-22-21(13-20(15)29)31-28(36-22)32-24(19-7-4-10-30-14-19)23(26(34)27(32)35)25(33)18-9-8-16-5-2-3-6-17(16)12-18/h4,7-14,24,33H,2-3,5-6H2,1H3/b25-23+. The van der Waals surface area contributed by atoms with Gasteiger partial charge in [-0.2, -0.15) is 0 Å². The first kappa shape index (κ1) is 22.9. The highest BCUT2D eigenvalue weighted by Crippen LogP contribution is 2.44. The molecule has 6 rings (SSSR count). The number of aryl methyl sites for hydroxylation is 3. The lowest BCUT2D eigenvalue weighted by atomic mass is 9.89. The molecule has 0 saturated carbocycles. The fourth-order valence-electron chi connectivity index (χ4n) is 5.06. The van der Waals surface area contributed by atoms with Crippen molar-refractivity contribution in [2.24, 2.45) is 0 Å². The first-order valence-corrected chi connectivity index (χ1v) is 13.0. The molecule has 3 heterocycles. The van der Waals surface area contributed by atoms with Gasteiger partial charge in [-0.15, -0.1) is 0 Å². The minimum atomic E-state index is -0.855. The third kappa shape index (κ3) is 3.70. The van der Waals surface area contributed by atoms with Gasteiger partial charge in [-0.1, -0.05) is 41.1 Å². The Morgan fingerprint density at radius 3 is 2.69 bits per heavy atom. The molecule has 1 atom stereocenters. The second-order valence-electron chi connectivity index (χ2n) is 9.21. The molecular formula is C28H22ClN3O3S. The number of amides is 1. The largest absolute Gasteiger partial charge is 0.507 e. The van der Waals surface area contributed by atoms with E-state index in [1.165, 1.54) is 27.4 Å². The van der Waals surface area contributed by atoms with Crippen LogP contribution in [0.5, 0.6) is 0 Å². The van der Waals surface area contributed by atoms with E-state index in [0.717, 1.165) is 35.9 Å². The average Bonchev–Trinajstić information content (AvgIpc) is 3.41. The number of nitrogens with zero attached hydrogens (tertiary/aromatic N) is 3. The molecule has 2 aromatic carbocycles. The van der Waals surface area contributed by atoms with Crippen LogP contribution in [-0.4, -0.2) is 26.8 Å². The van der Waals surface area contributed by atoms with Crippen molar-refractivity contribution in [3.63, 3.8) is 0 Å². The summed E-state index contributed by atoms with van der Waals surface area (Å²) in [5, 5.41) is 12.4. The van der Waals surface area contributed by atoms with E-state index < -0.39 is 17.7 Å². The van der Waals surface area contributed by atoms with E-state index in [0.29, 0.717) is 26.8 Å². The van der Waals surface area contributed by atoms with Gasteiger partial charge in [0.2, 0.25) is 0 Å². The summed E-state index contributed by atoms with van der Waals surface area (Å²) in [6, 6.07) is 12.2. The van der Waals surface area contributed by atoms with Crippen molar-refractivity contribution in [1.29, 1.82) is 0 Å². The molecule has 1 unspecified atom stereocenters. The van der Waals surface area contributed by atoms with Crippen LogP contribution in [0.25, 0.3) is 16.0 Å². The number of hydrogen-bond donors (Lipinski definition) is 1. The second-order valence-corrected chi connectivity index (χ2v) is 10.6. The number of ketones is 1. The van der Waals surface area contributed by atoms with Crippen molar-refractivity contribution in [3.8, 4) is 0 Å². The SMILES string of the molecule is Cc1cc2sc(N3C(=O)C(=O)/C(=C(/O)c4ccc5c(c4)CCCC5)C3c3cccnc3)nc2cc1Cl. The van der Waals surface area contributed by atoms with Crippen LogP contribution in [0.4, 0.5) is 5.13 Å². The Morgan fingerprint density at radius 2 is 1.92 bits per heavy atom. The first-order valence-electron chi connectivity index (χ1n) is 11.8. The lowest BCUT2D eigenvalue weighted by molar-refractivity contribution is -0.132. The Labute approximate surface area is 216 Å². The lowest BCUT2D eigenvalue weighted by Gasteiger charge is -2.23. The van der Waals surface area contributed by atoms with Crippen LogP contribution in [0.15, 0.2) is 60.4 Å². The summed E-state index contributed by atoms with van der Waals surface area (Å²) in [4.78, 5) is 37.1. The Hall–Kier alpha value is -3.55. The number of rotatable bonds is 3. The average molecular weight is 516 g/mol. The van der Waals surface area contributed by atoms with Crippen LogP contribution in [0.3, 0.4) is 0 Å². The predicted octanol–water partition coefficient (Wildman–Crippen LogP) is 6.16. The molecule has 1 aliphatic heterocycles. The number of hydrogen-bond acceptors (Lipinski definition) is 6. The maximum absolute atomic E-state index is 13.4. The number of aliphatic hydroxyl groups is 1. The summed E-state index contributed by atoms with van der Waals surface area (Å²) < 4.78 is 0.855. The molecule has 2 aromatic heterocycles. The van der Waals surface area contributed by atoms with Crippen molar-refractivity contribution in [2.45, 2.75) is 38.6 Å². The molecule has 0 radical (unpaired) electrons. The number of aliphatic hydroxyl groups excluding tert-OH is 1. The van der Waals surface area contributed by atoms with E-state index in [-0.39, 0.29) is 11.3 Å². The van der Waals surface area contributed by atoms with Crippen LogP contribution in [0.2, 0.25) is 5.02 Å². The summed E-state index contributed by atoms with van der Waals surface area (Å²) in [5.41, 5.74) is 5.18. The third-order valence-electron chi connectivity index (χ3n) is 6.93. The number of pyridine rings is 1. The molecule has 2 aliphatic rings. The maximum Gasteiger partial charge on any atom is 0.301 e. The summed E-state index contributed by atoms with van der Waals surface area (Å²) in [6.07, 6.45) is 7.43. The molecule has 4 aromatic rings. The van der Waals surface area contributed by atoms with Crippen LogP contribution in [-0.2, 0) is 22.4 Å². The molecule has 0 spiro atoms. The van der Waals surface area contributed by atoms with Crippen molar-refractivity contribution in [2.75, 3.05) is 4.90 Å². The van der Waals surface area contributed by atoms with Gasteiger partial charge < -0.3 is 5.11 Å². The van der Waals surface area contributed by atoms with Crippen molar-refractivity contribution in [1.82, 2.24) is 9.97 Å². The van der Waals surface area contributed by atoms with Gasteiger partial charge in [0.15, 0.2) is 5.13 Å². The number of aromatic nitrogens is 2. The molecule has 180 valence electrons. The first-order chi connectivity index (χ1) is 17.4. The zero-order valence-corrected chi connectivity index (χ0v) is 21.1. The summed E-state index contributed by atoms with van der Waals surface area (Å²) >= 11 is 7.61. The molecule has 1 saturated heterocycles. The van der Waals surface area contributed by atoms with Crippen molar-refractivity contribution >= 4 is 55.7 Å². The van der Waals surface area contributed by atoms with Crippen LogP contribution >= 0.6 is 22.9 Å². The van der Waals surface area contributed by atoms with Gasteiger partial charge in [0, 0.05) is 23.0 Å². The van der Waals surface area contributed by atoms with Gasteiger partial charge >= 0.3 is 5.91 Å². The molecule has 36 heavy (non-hydrogen) atoms. The Kier molecular flexibility index (Phi) is 5.62. The van der Waals surface area contributed by atoms with E-state index in [1.54, 1.807) is 30.6 Å². The highest BCUT2D eigenvalue weighted by atomic mass is 35.5. The summed E-state index contributed by atoms with van der Waals surface area (Å²) in [7, 11) is 0. The highest BCUT2D eigenvalue weighted by Gasteiger charge is 2.48. The van der Waals surface area contributed by atoms with Crippen LogP contribution in [0.1, 0.15) is 46.7 Å². The molecule has 6 nitrogen and oxygen atoms in total. The topological polar surface area (TPSA) is 83.4 Å². The van der Waals surface area contributed by atoms with Gasteiger partial charge in [0.05, 0.1) is 21.8 Å². The zero-order chi connectivity index (χ0) is 25.0. The van der Waals surface area contributed by atoms with E-state index in [2.05, 4.69) is 9.97 Å². The third-order valence-corrected chi connectivity index (χ3v) is 8.35. The fraction of sp³-hybridized carbons (Fsp3) is 0.214. The number of halogens is 1. The van der Waals surface area contributed by atoms with Crippen LogP contribution in [0, 0.1) is 6.92 Å². The Bertz CT molecular complexity index is 1540. The number of fused-ring (bicyclic) bond motifs is 2. The van der Waals surface area contributed by atoms with Gasteiger partial charge in [0.25, 0.3) is 5.78 Å². The Balaban J connectivity index is 1.53. The van der Waals surface area contributed by atoms with Crippen molar-refractivity contribution in [3.05, 3.63) is 93.3 Å². The number of carbonyl (C=O) groups excluding carboxylic acids is 2. The Morgan fingerprint density at radius 1 is 1.11 bits per heavy atom.